The van der Waals surface area contributed by atoms with Crippen molar-refractivity contribution in [2.45, 2.75) is 6.92 Å². The van der Waals surface area contributed by atoms with Crippen LogP contribution in [-0.2, 0) is 0 Å². The van der Waals surface area contributed by atoms with Crippen LogP contribution in [0.5, 0.6) is 0 Å². The molecule has 15 heavy (non-hydrogen) atoms. The Kier molecular flexibility index (Phi) is 1.82. The first kappa shape index (κ1) is 8.61. The Morgan fingerprint density at radius 3 is 3.07 bits per heavy atom. The maximum absolute atomic E-state index is 4.49. The number of nitrogens with one attached hydrogen (secondary N) is 1. The predicted molar refractivity (Wildman–Crippen MR) is 61.9 cm³/mol. The lowest BCUT2D eigenvalue weighted by Gasteiger charge is -1.97. The third-order valence-electron chi connectivity index (χ3n) is 2.31. The van der Waals surface area contributed by atoms with Gasteiger partial charge in [-0.15, -0.1) is 11.3 Å². The van der Waals surface area contributed by atoms with E-state index in [0.29, 0.717) is 0 Å². The van der Waals surface area contributed by atoms with Crippen LogP contribution in [0.25, 0.3) is 21.6 Å². The van der Waals surface area contributed by atoms with Gasteiger partial charge in [-0.1, -0.05) is 0 Å². The summed E-state index contributed by atoms with van der Waals surface area (Å²) < 4.78 is 0. The molecule has 3 rings (SSSR count). The van der Waals surface area contributed by atoms with Crippen molar-refractivity contribution >= 4 is 22.4 Å². The summed E-state index contributed by atoms with van der Waals surface area (Å²) in [5.41, 5.74) is 3.13. The molecule has 0 unspecified atom stereocenters. The van der Waals surface area contributed by atoms with E-state index in [1.807, 2.05) is 31.5 Å². The Morgan fingerprint density at radius 2 is 2.27 bits per heavy atom. The third kappa shape index (κ3) is 1.34. The number of thiazole rings is 1. The maximum Gasteiger partial charge on any atom is 0.137 e. The Balaban J connectivity index is 2.30. The summed E-state index contributed by atoms with van der Waals surface area (Å²) in [6.45, 7) is 2.01. The number of aryl methyl sites for hydroxylation is 1. The van der Waals surface area contributed by atoms with Crippen molar-refractivity contribution < 1.29 is 0 Å². The van der Waals surface area contributed by atoms with Crippen molar-refractivity contribution in [1.82, 2.24) is 15.0 Å². The number of rotatable bonds is 1. The van der Waals surface area contributed by atoms with Crippen LogP contribution in [0.15, 0.2) is 29.9 Å². The minimum absolute atomic E-state index is 0.917. The van der Waals surface area contributed by atoms with E-state index in [-0.39, 0.29) is 0 Å². The van der Waals surface area contributed by atoms with E-state index in [4.69, 9.17) is 0 Å². The molecule has 0 saturated heterocycles. The minimum Gasteiger partial charge on any atom is -0.346 e. The van der Waals surface area contributed by atoms with Gasteiger partial charge in [-0.25, -0.2) is 9.97 Å². The number of aromatic nitrogens is 3. The van der Waals surface area contributed by atoms with Gasteiger partial charge in [-0.3, -0.25) is 0 Å². The van der Waals surface area contributed by atoms with Crippen LogP contribution in [0, 0.1) is 6.92 Å². The third-order valence-corrected chi connectivity index (χ3v) is 3.30. The molecule has 3 nitrogen and oxygen atoms in total. The van der Waals surface area contributed by atoms with E-state index in [0.717, 1.165) is 27.3 Å². The molecule has 0 bridgehead atoms. The van der Waals surface area contributed by atoms with Gasteiger partial charge in [0.05, 0.1) is 0 Å². The topological polar surface area (TPSA) is 41.6 Å². The lowest BCUT2D eigenvalue weighted by atomic mass is 10.2. The van der Waals surface area contributed by atoms with E-state index in [9.17, 15) is 0 Å². The van der Waals surface area contributed by atoms with Gasteiger partial charge in [0.25, 0.3) is 0 Å². The molecule has 3 heterocycles. The largest absolute Gasteiger partial charge is 0.346 e. The number of hydrogen-bond acceptors (Lipinski definition) is 3. The highest BCUT2D eigenvalue weighted by molar-refractivity contribution is 7.13. The molecule has 4 heteroatoms. The zero-order valence-electron chi connectivity index (χ0n) is 8.19. The first-order valence-corrected chi connectivity index (χ1v) is 5.57. The molecule has 3 aromatic heterocycles. The first-order valence-electron chi connectivity index (χ1n) is 4.69. The van der Waals surface area contributed by atoms with Gasteiger partial charge in [-0.2, -0.15) is 0 Å². The lowest BCUT2D eigenvalue weighted by molar-refractivity contribution is 1.27. The van der Waals surface area contributed by atoms with Gasteiger partial charge < -0.3 is 4.98 Å². The molecule has 0 atom stereocenters. The SMILES string of the molecule is Cc1csc(-c2ccnc3[nH]ccc23)n1. The Morgan fingerprint density at radius 1 is 1.33 bits per heavy atom. The average molecular weight is 215 g/mol. The zero-order chi connectivity index (χ0) is 10.3. The summed E-state index contributed by atoms with van der Waals surface area (Å²) in [6.07, 6.45) is 3.71. The standard InChI is InChI=1S/C11H9N3S/c1-7-6-15-11(14-7)9-3-5-13-10-8(9)2-4-12-10/h2-6H,1H3,(H,12,13). The fourth-order valence-corrected chi connectivity index (χ4v) is 2.46. The normalized spacial score (nSPS) is 11.0. The molecule has 0 saturated carbocycles. The average Bonchev–Trinajstić information content (AvgIpc) is 2.84. The molecule has 0 spiro atoms. The predicted octanol–water partition coefficient (Wildman–Crippen LogP) is 2.99. The van der Waals surface area contributed by atoms with Gasteiger partial charge in [0, 0.05) is 34.4 Å². The number of hydrogen-bond donors (Lipinski definition) is 1. The van der Waals surface area contributed by atoms with Crippen LogP contribution >= 0.6 is 11.3 Å². The fourth-order valence-electron chi connectivity index (χ4n) is 1.63. The Hall–Kier alpha value is -1.68. The van der Waals surface area contributed by atoms with Crippen LogP contribution in [0.1, 0.15) is 5.69 Å². The molecular formula is C11H9N3S. The lowest BCUT2D eigenvalue weighted by Crippen LogP contribution is -1.81. The second-order valence-corrected chi connectivity index (χ2v) is 4.25. The molecule has 0 aliphatic rings. The number of fused-ring (bicyclic) bond motifs is 1. The van der Waals surface area contributed by atoms with E-state index in [2.05, 4.69) is 20.3 Å². The highest BCUT2D eigenvalue weighted by atomic mass is 32.1. The Labute approximate surface area is 90.8 Å². The van der Waals surface area contributed by atoms with Crippen molar-refractivity contribution in [3.8, 4) is 10.6 Å². The molecule has 0 aromatic carbocycles. The highest BCUT2D eigenvalue weighted by Crippen LogP contribution is 2.29. The zero-order valence-corrected chi connectivity index (χ0v) is 9.01. The van der Waals surface area contributed by atoms with E-state index < -0.39 is 0 Å². The van der Waals surface area contributed by atoms with Gasteiger partial charge in [-0.05, 0) is 19.1 Å². The highest BCUT2D eigenvalue weighted by Gasteiger charge is 2.07. The summed E-state index contributed by atoms with van der Waals surface area (Å²) in [4.78, 5) is 11.8. The molecule has 3 aromatic rings. The molecule has 0 aliphatic heterocycles. The molecule has 1 N–H and O–H groups in total. The monoisotopic (exact) mass is 215 g/mol. The van der Waals surface area contributed by atoms with Crippen molar-refractivity contribution in [2.75, 3.05) is 0 Å². The van der Waals surface area contributed by atoms with Crippen LogP contribution in [-0.4, -0.2) is 15.0 Å². The van der Waals surface area contributed by atoms with Crippen LogP contribution in [0.3, 0.4) is 0 Å². The van der Waals surface area contributed by atoms with Gasteiger partial charge in [0.15, 0.2) is 0 Å². The van der Waals surface area contributed by atoms with Crippen LogP contribution < -0.4 is 0 Å². The van der Waals surface area contributed by atoms with Crippen LogP contribution in [0.4, 0.5) is 0 Å². The van der Waals surface area contributed by atoms with Gasteiger partial charge >= 0.3 is 0 Å². The molecular weight excluding hydrogens is 206 g/mol. The number of nitrogens with zero attached hydrogens (tertiary/aromatic N) is 2. The van der Waals surface area contributed by atoms with Crippen molar-refractivity contribution in [3.05, 3.63) is 35.6 Å². The summed E-state index contributed by atoms with van der Waals surface area (Å²) in [7, 11) is 0. The number of H-pyrrole nitrogens is 1. The van der Waals surface area contributed by atoms with E-state index >= 15 is 0 Å². The molecule has 74 valence electrons. The Bertz CT molecular complexity index is 609. The maximum atomic E-state index is 4.49. The molecule has 0 amide bonds. The quantitative estimate of drug-likeness (QED) is 0.678. The van der Waals surface area contributed by atoms with Crippen LogP contribution in [0.2, 0.25) is 0 Å². The number of aromatic amines is 1. The summed E-state index contributed by atoms with van der Waals surface area (Å²) >= 11 is 1.67. The van der Waals surface area contributed by atoms with E-state index in [1.54, 1.807) is 11.3 Å². The molecule has 0 radical (unpaired) electrons. The number of pyridine rings is 1. The summed E-state index contributed by atoms with van der Waals surface area (Å²) in [5.74, 6) is 0. The summed E-state index contributed by atoms with van der Waals surface area (Å²) in [6, 6.07) is 4.04. The van der Waals surface area contributed by atoms with Gasteiger partial charge in [0.2, 0.25) is 0 Å². The smallest absolute Gasteiger partial charge is 0.137 e. The first-order chi connectivity index (χ1) is 7.34. The van der Waals surface area contributed by atoms with E-state index in [1.165, 1.54) is 0 Å². The molecule has 0 aliphatic carbocycles. The van der Waals surface area contributed by atoms with Gasteiger partial charge in [0.1, 0.15) is 10.7 Å². The molecule has 0 fully saturated rings. The van der Waals surface area contributed by atoms with Crippen molar-refractivity contribution in [3.63, 3.8) is 0 Å². The second-order valence-electron chi connectivity index (χ2n) is 3.39. The second kappa shape index (κ2) is 3.17. The van der Waals surface area contributed by atoms with Crippen molar-refractivity contribution in [2.24, 2.45) is 0 Å². The minimum atomic E-state index is 0.917. The fraction of sp³-hybridized carbons (Fsp3) is 0.0909. The van der Waals surface area contributed by atoms with Crippen molar-refractivity contribution in [1.29, 1.82) is 0 Å². The summed E-state index contributed by atoms with van der Waals surface area (Å²) in [5, 5.41) is 4.25.